The first-order chi connectivity index (χ1) is 9.59. The number of hydrogen-bond acceptors (Lipinski definition) is 2. The topological polar surface area (TPSA) is 37.4 Å². The summed E-state index contributed by atoms with van der Waals surface area (Å²) in [4.78, 5) is 26.5. The number of rotatable bonds is 2. The first kappa shape index (κ1) is 13.6. The first-order valence-corrected chi connectivity index (χ1v) is 7.66. The molecule has 2 amide bonds. The molecule has 3 nitrogen and oxygen atoms in total. The van der Waals surface area contributed by atoms with Crippen LogP contribution in [0.15, 0.2) is 40.9 Å². The van der Waals surface area contributed by atoms with Gasteiger partial charge in [0.2, 0.25) is 11.8 Å². The number of allylic oxidation sites excluding steroid dienone is 2. The second-order valence-electron chi connectivity index (χ2n) is 5.43. The van der Waals surface area contributed by atoms with E-state index in [9.17, 15) is 9.59 Å². The maximum atomic E-state index is 12.5. The van der Waals surface area contributed by atoms with E-state index in [2.05, 4.69) is 15.9 Å². The monoisotopic (exact) mass is 333 g/mol. The van der Waals surface area contributed by atoms with Crippen LogP contribution in [0, 0.1) is 11.8 Å². The zero-order chi connectivity index (χ0) is 14.3. The Labute approximate surface area is 126 Å². The highest BCUT2D eigenvalue weighted by molar-refractivity contribution is 9.10. The fourth-order valence-electron chi connectivity index (χ4n) is 3.10. The van der Waals surface area contributed by atoms with Gasteiger partial charge in [-0.3, -0.25) is 14.5 Å². The Balaban J connectivity index is 1.88. The Hall–Kier alpha value is -1.42. The van der Waals surface area contributed by atoms with Crippen molar-refractivity contribution in [1.29, 1.82) is 0 Å². The summed E-state index contributed by atoms with van der Waals surface area (Å²) in [6.45, 7) is 1.92. The second kappa shape index (κ2) is 5.17. The molecule has 1 aromatic rings. The van der Waals surface area contributed by atoms with Crippen molar-refractivity contribution in [3.05, 3.63) is 46.5 Å². The van der Waals surface area contributed by atoms with Gasteiger partial charge in [0, 0.05) is 4.47 Å². The minimum Gasteiger partial charge on any atom is -0.275 e. The number of imide groups is 1. The summed E-state index contributed by atoms with van der Waals surface area (Å²) in [5.41, 5.74) is 0.988. The van der Waals surface area contributed by atoms with Gasteiger partial charge >= 0.3 is 0 Å². The third kappa shape index (κ3) is 2.12. The number of carbonyl (C=O) groups excluding carboxylic acids is 2. The van der Waals surface area contributed by atoms with E-state index in [0.29, 0.717) is 12.8 Å². The Morgan fingerprint density at radius 1 is 1.05 bits per heavy atom. The van der Waals surface area contributed by atoms with Crippen LogP contribution in [0.3, 0.4) is 0 Å². The van der Waals surface area contributed by atoms with Crippen molar-refractivity contribution in [2.45, 2.75) is 25.8 Å². The van der Waals surface area contributed by atoms with Crippen LogP contribution in [0.25, 0.3) is 0 Å². The van der Waals surface area contributed by atoms with E-state index >= 15 is 0 Å². The summed E-state index contributed by atoms with van der Waals surface area (Å²) < 4.78 is 0.991. The summed E-state index contributed by atoms with van der Waals surface area (Å²) >= 11 is 3.40. The number of likely N-dealkylation sites (tertiary alicyclic amines) is 1. The number of fused-ring (bicyclic) bond motifs is 1. The summed E-state index contributed by atoms with van der Waals surface area (Å²) in [6.07, 6.45) is 5.41. The lowest BCUT2D eigenvalue weighted by molar-refractivity contribution is -0.142. The first-order valence-electron chi connectivity index (χ1n) is 6.87. The number of hydrogen-bond donors (Lipinski definition) is 0. The van der Waals surface area contributed by atoms with E-state index in [1.807, 2.05) is 43.3 Å². The van der Waals surface area contributed by atoms with E-state index in [-0.39, 0.29) is 29.7 Å². The minimum atomic E-state index is -0.200. The predicted molar refractivity (Wildman–Crippen MR) is 79.8 cm³/mol. The Kier molecular flexibility index (Phi) is 3.50. The molecule has 3 rings (SSSR count). The van der Waals surface area contributed by atoms with Gasteiger partial charge in [0.05, 0.1) is 17.9 Å². The van der Waals surface area contributed by atoms with Crippen molar-refractivity contribution >= 4 is 27.7 Å². The third-order valence-electron chi connectivity index (χ3n) is 4.28. The Morgan fingerprint density at radius 3 is 2.05 bits per heavy atom. The van der Waals surface area contributed by atoms with Crippen LogP contribution in [-0.4, -0.2) is 16.7 Å². The normalized spacial score (nSPS) is 26.8. The molecule has 104 valence electrons. The van der Waals surface area contributed by atoms with Gasteiger partial charge in [0.25, 0.3) is 0 Å². The van der Waals surface area contributed by atoms with Gasteiger partial charge in [0.1, 0.15) is 0 Å². The van der Waals surface area contributed by atoms with Crippen molar-refractivity contribution in [3.8, 4) is 0 Å². The van der Waals surface area contributed by atoms with Gasteiger partial charge in [0.15, 0.2) is 0 Å². The summed E-state index contributed by atoms with van der Waals surface area (Å²) in [5, 5.41) is 0. The number of benzene rings is 1. The zero-order valence-electron chi connectivity index (χ0n) is 11.3. The molecule has 1 heterocycles. The standard InChI is InChI=1S/C16H16BrNO2/c1-10(11-6-8-12(17)9-7-11)18-15(19)13-4-2-3-5-14(13)16(18)20/h2-3,6-10,13-14H,4-5H2,1H3. The molecule has 3 atom stereocenters. The largest absolute Gasteiger partial charge is 0.275 e. The van der Waals surface area contributed by atoms with Gasteiger partial charge in [-0.1, -0.05) is 40.2 Å². The summed E-state index contributed by atoms with van der Waals surface area (Å²) in [5.74, 6) is -0.324. The number of nitrogens with zero attached hydrogens (tertiary/aromatic N) is 1. The molecule has 0 radical (unpaired) electrons. The highest BCUT2D eigenvalue weighted by Gasteiger charge is 2.48. The molecule has 0 aromatic heterocycles. The molecule has 1 aliphatic heterocycles. The molecule has 3 unspecified atom stereocenters. The average Bonchev–Trinajstić information content (AvgIpc) is 2.72. The van der Waals surface area contributed by atoms with Crippen LogP contribution in [0.4, 0.5) is 0 Å². The number of halogens is 1. The van der Waals surface area contributed by atoms with Crippen LogP contribution in [-0.2, 0) is 9.59 Å². The van der Waals surface area contributed by atoms with E-state index < -0.39 is 0 Å². The molecule has 0 bridgehead atoms. The van der Waals surface area contributed by atoms with Crippen LogP contribution in [0.5, 0.6) is 0 Å². The van der Waals surface area contributed by atoms with E-state index in [1.165, 1.54) is 4.90 Å². The minimum absolute atomic E-state index is 0.0141. The van der Waals surface area contributed by atoms with Crippen molar-refractivity contribution in [2.24, 2.45) is 11.8 Å². The maximum absolute atomic E-state index is 12.5. The molecule has 0 saturated carbocycles. The Bertz CT molecular complexity index is 553. The molecule has 1 aromatic carbocycles. The predicted octanol–water partition coefficient (Wildman–Crippen LogP) is 3.46. The molecule has 20 heavy (non-hydrogen) atoms. The summed E-state index contributed by atoms with van der Waals surface area (Å²) in [7, 11) is 0. The molecule has 2 aliphatic rings. The van der Waals surface area contributed by atoms with Gasteiger partial charge in [-0.15, -0.1) is 0 Å². The highest BCUT2D eigenvalue weighted by Crippen LogP contribution is 2.39. The highest BCUT2D eigenvalue weighted by atomic mass is 79.9. The fourth-order valence-corrected chi connectivity index (χ4v) is 3.36. The van der Waals surface area contributed by atoms with Gasteiger partial charge in [-0.2, -0.15) is 0 Å². The average molecular weight is 334 g/mol. The van der Waals surface area contributed by atoms with Crippen LogP contribution < -0.4 is 0 Å². The molecule has 1 fully saturated rings. The Morgan fingerprint density at radius 2 is 1.55 bits per heavy atom. The smallest absolute Gasteiger partial charge is 0.233 e. The van der Waals surface area contributed by atoms with Gasteiger partial charge in [-0.05, 0) is 37.5 Å². The van der Waals surface area contributed by atoms with Crippen molar-refractivity contribution < 1.29 is 9.59 Å². The fraction of sp³-hybridized carbons (Fsp3) is 0.375. The lowest BCUT2D eigenvalue weighted by Crippen LogP contribution is -2.33. The van der Waals surface area contributed by atoms with Crippen molar-refractivity contribution in [2.75, 3.05) is 0 Å². The molecular weight excluding hydrogens is 318 g/mol. The molecule has 0 spiro atoms. The quantitative estimate of drug-likeness (QED) is 0.614. The second-order valence-corrected chi connectivity index (χ2v) is 6.35. The molecular formula is C16H16BrNO2. The maximum Gasteiger partial charge on any atom is 0.233 e. The number of amides is 2. The van der Waals surface area contributed by atoms with Gasteiger partial charge in [-0.25, -0.2) is 0 Å². The number of carbonyl (C=O) groups is 2. The third-order valence-corrected chi connectivity index (χ3v) is 4.81. The van der Waals surface area contributed by atoms with Crippen molar-refractivity contribution in [1.82, 2.24) is 4.90 Å². The van der Waals surface area contributed by atoms with Crippen LogP contribution >= 0.6 is 15.9 Å². The molecule has 4 heteroatoms. The van der Waals surface area contributed by atoms with Crippen molar-refractivity contribution in [3.63, 3.8) is 0 Å². The zero-order valence-corrected chi connectivity index (χ0v) is 12.8. The lowest BCUT2D eigenvalue weighted by atomic mass is 9.85. The van der Waals surface area contributed by atoms with E-state index in [0.717, 1.165) is 10.0 Å². The van der Waals surface area contributed by atoms with Crippen LogP contribution in [0.2, 0.25) is 0 Å². The SMILES string of the molecule is CC(c1ccc(Br)cc1)N1C(=O)C2CC=CCC2C1=O. The van der Waals surface area contributed by atoms with E-state index in [4.69, 9.17) is 0 Å². The molecule has 1 saturated heterocycles. The van der Waals surface area contributed by atoms with Crippen LogP contribution in [0.1, 0.15) is 31.4 Å². The molecule has 1 aliphatic carbocycles. The molecule has 0 N–H and O–H groups in total. The van der Waals surface area contributed by atoms with Gasteiger partial charge < -0.3 is 0 Å². The summed E-state index contributed by atoms with van der Waals surface area (Å²) in [6, 6.07) is 7.58. The lowest BCUT2D eigenvalue weighted by Gasteiger charge is -2.23. The van der Waals surface area contributed by atoms with E-state index in [1.54, 1.807) is 0 Å².